The summed E-state index contributed by atoms with van der Waals surface area (Å²) in [5.41, 5.74) is 2.11. The van der Waals surface area contributed by atoms with Crippen LogP contribution in [0.5, 0.6) is 5.75 Å². The van der Waals surface area contributed by atoms with E-state index < -0.39 is 27.8 Å². The van der Waals surface area contributed by atoms with E-state index in [1.807, 2.05) is 30.5 Å². The number of aliphatic hydroxyl groups excluding tert-OH is 1. The van der Waals surface area contributed by atoms with Gasteiger partial charge in [-0.2, -0.15) is 9.57 Å². The van der Waals surface area contributed by atoms with Gasteiger partial charge in [0.25, 0.3) is 0 Å². The number of nitrogens with one attached hydrogen (secondary N) is 2. The first kappa shape index (κ1) is 27.0. The topological polar surface area (TPSA) is 127 Å². The number of benzene rings is 3. The van der Waals surface area contributed by atoms with Crippen LogP contribution in [-0.4, -0.2) is 42.0 Å². The Morgan fingerprint density at radius 2 is 1.87 bits per heavy atom. The van der Waals surface area contributed by atoms with Gasteiger partial charge in [0.15, 0.2) is 6.19 Å². The number of hydrogen-bond acceptors (Lipinski definition) is 6. The summed E-state index contributed by atoms with van der Waals surface area (Å²) < 4.78 is 34.9. The van der Waals surface area contributed by atoms with Gasteiger partial charge in [0.1, 0.15) is 23.5 Å². The maximum atomic E-state index is 13.7. The molecule has 3 N–H and O–H groups in total. The van der Waals surface area contributed by atoms with Crippen molar-refractivity contribution in [3.8, 4) is 11.9 Å². The van der Waals surface area contributed by atoms with E-state index in [0.29, 0.717) is 35.0 Å². The van der Waals surface area contributed by atoms with Crippen molar-refractivity contribution in [3.05, 3.63) is 88.4 Å². The summed E-state index contributed by atoms with van der Waals surface area (Å²) in [5, 5.41) is 26.7. The number of nitriles is 1. The number of nitrogens with zero attached hydrogens (tertiary/aromatic N) is 3. The predicted molar refractivity (Wildman–Crippen MR) is 149 cm³/mol. The Morgan fingerprint density at radius 1 is 1.15 bits per heavy atom. The minimum absolute atomic E-state index is 0.0772. The standard InChI is InChI=1S/C28H28ClN5O4S/c1-28(2)26(35)25(33-27(31-17-30)32-21-9-7-20(29)8-10-21)23-15-22(11-12-24(23)38-28)39(36,37)34-14-13-18-5-3-4-6-19(18)16-34/h3-12,15,25-26,35H,13-14,16H2,1-2H3,(H2,31,32,33)/t25-,26+/m1/s1. The number of anilines is 1. The van der Waals surface area contributed by atoms with Crippen molar-refractivity contribution in [2.75, 3.05) is 11.9 Å². The van der Waals surface area contributed by atoms with Crippen molar-refractivity contribution in [1.82, 2.24) is 9.62 Å². The molecule has 0 radical (unpaired) electrons. The molecule has 9 nitrogen and oxygen atoms in total. The lowest BCUT2D eigenvalue weighted by atomic mass is 9.87. The Morgan fingerprint density at radius 3 is 2.59 bits per heavy atom. The molecule has 3 aromatic rings. The maximum Gasteiger partial charge on any atom is 0.243 e. The normalized spacial score (nSPS) is 20.6. The third-order valence-corrected chi connectivity index (χ3v) is 9.06. The lowest BCUT2D eigenvalue weighted by Gasteiger charge is -2.41. The zero-order valence-electron chi connectivity index (χ0n) is 21.4. The second-order valence-corrected chi connectivity index (χ2v) is 12.4. The molecular formula is C28H28ClN5O4S. The average molecular weight is 566 g/mol. The number of halogens is 1. The quantitative estimate of drug-likeness (QED) is 0.187. The van der Waals surface area contributed by atoms with E-state index in [1.165, 1.54) is 16.4 Å². The smallest absolute Gasteiger partial charge is 0.243 e. The molecule has 202 valence electrons. The van der Waals surface area contributed by atoms with Gasteiger partial charge in [-0.15, -0.1) is 0 Å². The Kier molecular flexibility index (Phi) is 7.27. The molecule has 2 aliphatic heterocycles. The van der Waals surface area contributed by atoms with E-state index in [2.05, 4.69) is 15.6 Å². The molecule has 0 unspecified atom stereocenters. The fourth-order valence-electron chi connectivity index (χ4n) is 4.83. The monoisotopic (exact) mass is 565 g/mol. The minimum atomic E-state index is -3.85. The highest BCUT2D eigenvalue weighted by molar-refractivity contribution is 7.89. The van der Waals surface area contributed by atoms with Gasteiger partial charge in [-0.25, -0.2) is 13.4 Å². The summed E-state index contributed by atoms with van der Waals surface area (Å²) >= 11 is 5.98. The summed E-state index contributed by atoms with van der Waals surface area (Å²) in [6.45, 7) is 4.10. The predicted octanol–water partition coefficient (Wildman–Crippen LogP) is 4.20. The van der Waals surface area contributed by atoms with Crippen LogP contribution in [0, 0.1) is 11.5 Å². The van der Waals surface area contributed by atoms with Gasteiger partial charge in [-0.1, -0.05) is 35.9 Å². The van der Waals surface area contributed by atoms with Gasteiger partial charge in [-0.3, -0.25) is 5.32 Å². The van der Waals surface area contributed by atoms with Gasteiger partial charge in [0, 0.05) is 29.4 Å². The van der Waals surface area contributed by atoms with E-state index in [4.69, 9.17) is 16.3 Å². The first-order valence-electron chi connectivity index (χ1n) is 12.4. The van der Waals surface area contributed by atoms with Crippen LogP contribution in [-0.2, 0) is 23.0 Å². The second kappa shape index (κ2) is 10.5. The van der Waals surface area contributed by atoms with Crippen LogP contribution >= 0.6 is 11.6 Å². The van der Waals surface area contributed by atoms with Crippen molar-refractivity contribution in [3.63, 3.8) is 0 Å². The Bertz CT molecular complexity index is 1570. The summed E-state index contributed by atoms with van der Waals surface area (Å²) in [4.78, 5) is 4.71. The number of ether oxygens (including phenoxy) is 1. The Labute approximate surface area is 232 Å². The van der Waals surface area contributed by atoms with Crippen LogP contribution in [0.2, 0.25) is 5.02 Å². The van der Waals surface area contributed by atoms with E-state index in [0.717, 1.165) is 11.1 Å². The van der Waals surface area contributed by atoms with Crippen LogP contribution in [0.4, 0.5) is 5.69 Å². The zero-order chi connectivity index (χ0) is 27.8. The highest BCUT2D eigenvalue weighted by Gasteiger charge is 2.44. The molecule has 2 aliphatic rings. The Hall–Kier alpha value is -3.62. The molecule has 0 aliphatic carbocycles. The largest absolute Gasteiger partial charge is 0.485 e. The fraction of sp³-hybridized carbons (Fsp3) is 0.286. The highest BCUT2D eigenvalue weighted by atomic mass is 35.5. The van der Waals surface area contributed by atoms with Gasteiger partial charge in [0.2, 0.25) is 16.0 Å². The van der Waals surface area contributed by atoms with Crippen molar-refractivity contribution >= 4 is 33.3 Å². The van der Waals surface area contributed by atoms with E-state index in [1.54, 1.807) is 44.2 Å². The molecule has 0 fully saturated rings. The van der Waals surface area contributed by atoms with Gasteiger partial charge in [0.05, 0.1) is 4.90 Å². The Balaban J connectivity index is 1.52. The fourth-order valence-corrected chi connectivity index (χ4v) is 6.41. The van der Waals surface area contributed by atoms with Crippen LogP contribution < -0.4 is 15.4 Å². The first-order chi connectivity index (χ1) is 18.6. The number of aliphatic hydroxyl groups is 1. The number of sulfonamides is 1. The molecule has 2 heterocycles. The number of fused-ring (bicyclic) bond motifs is 2. The van der Waals surface area contributed by atoms with Crippen molar-refractivity contribution in [2.45, 2.75) is 49.5 Å². The van der Waals surface area contributed by atoms with Crippen LogP contribution in [0.1, 0.15) is 36.6 Å². The summed E-state index contributed by atoms with van der Waals surface area (Å²) in [6.07, 6.45) is 1.33. The van der Waals surface area contributed by atoms with Gasteiger partial charge in [-0.05, 0) is 73.9 Å². The summed E-state index contributed by atoms with van der Waals surface area (Å²) in [7, 11) is -3.85. The zero-order valence-corrected chi connectivity index (χ0v) is 23.0. The number of aliphatic imine (C=N–C) groups is 1. The molecule has 0 spiro atoms. The number of guanidine groups is 1. The summed E-state index contributed by atoms with van der Waals surface area (Å²) in [6, 6.07) is 18.3. The van der Waals surface area contributed by atoms with Crippen LogP contribution in [0.15, 0.2) is 76.6 Å². The molecule has 0 saturated carbocycles. The van der Waals surface area contributed by atoms with E-state index in [-0.39, 0.29) is 17.4 Å². The summed E-state index contributed by atoms with van der Waals surface area (Å²) in [5.74, 6) is 0.484. The molecular weight excluding hydrogens is 538 g/mol. The minimum Gasteiger partial charge on any atom is -0.485 e. The SMILES string of the molecule is CC1(C)Oc2ccc(S(=O)(=O)N3CCc4ccccc4C3)cc2[C@@H](N=C(NC#N)Nc2ccc(Cl)cc2)[C@@H]1O. The van der Waals surface area contributed by atoms with Crippen molar-refractivity contribution < 1.29 is 18.3 Å². The van der Waals surface area contributed by atoms with Gasteiger partial charge >= 0.3 is 0 Å². The number of hydrogen-bond donors (Lipinski definition) is 3. The lowest BCUT2D eigenvalue weighted by Crippen LogP contribution is -2.49. The molecule has 0 amide bonds. The lowest BCUT2D eigenvalue weighted by molar-refractivity contribution is -0.0568. The molecule has 11 heteroatoms. The molecule has 0 aromatic heterocycles. The van der Waals surface area contributed by atoms with E-state index >= 15 is 0 Å². The van der Waals surface area contributed by atoms with Gasteiger partial charge < -0.3 is 15.2 Å². The molecule has 0 bridgehead atoms. The third-order valence-electron chi connectivity index (χ3n) is 6.97. The molecule has 2 atom stereocenters. The third kappa shape index (κ3) is 5.44. The first-order valence-corrected chi connectivity index (χ1v) is 14.2. The van der Waals surface area contributed by atoms with Crippen molar-refractivity contribution in [1.29, 1.82) is 5.26 Å². The molecule has 3 aromatic carbocycles. The molecule has 0 saturated heterocycles. The highest BCUT2D eigenvalue weighted by Crippen LogP contribution is 2.43. The number of rotatable bonds is 4. The van der Waals surface area contributed by atoms with Crippen LogP contribution in [0.25, 0.3) is 0 Å². The average Bonchev–Trinajstić information content (AvgIpc) is 2.92. The maximum absolute atomic E-state index is 13.7. The van der Waals surface area contributed by atoms with Crippen LogP contribution in [0.3, 0.4) is 0 Å². The van der Waals surface area contributed by atoms with E-state index in [9.17, 15) is 18.8 Å². The second-order valence-electron chi connectivity index (χ2n) is 10.00. The van der Waals surface area contributed by atoms with Crippen molar-refractivity contribution in [2.24, 2.45) is 4.99 Å². The molecule has 39 heavy (non-hydrogen) atoms. The molecule has 5 rings (SSSR count).